The van der Waals surface area contributed by atoms with Crippen LogP contribution in [-0.4, -0.2) is 36.8 Å². The van der Waals surface area contributed by atoms with Crippen LogP contribution < -0.4 is 0 Å². The van der Waals surface area contributed by atoms with E-state index in [1.807, 2.05) is 18.2 Å². The van der Waals surface area contributed by atoms with Crippen molar-refractivity contribution in [2.75, 3.05) is 11.5 Å². The molecule has 1 saturated heterocycles. The van der Waals surface area contributed by atoms with E-state index in [-0.39, 0.29) is 23.5 Å². The van der Waals surface area contributed by atoms with Crippen LogP contribution in [0.3, 0.4) is 0 Å². The fourth-order valence-electron chi connectivity index (χ4n) is 3.90. The number of rotatable bonds is 5. The predicted molar refractivity (Wildman–Crippen MR) is 129 cm³/mol. The molecule has 164 valence electrons. The summed E-state index contributed by atoms with van der Waals surface area (Å²) in [4.78, 5) is 15.7. The Bertz CT molecular complexity index is 1230. The van der Waals surface area contributed by atoms with Gasteiger partial charge >= 0.3 is 0 Å². The third-order valence-corrected chi connectivity index (χ3v) is 9.33. The van der Waals surface area contributed by atoms with Crippen molar-refractivity contribution in [3.8, 4) is 0 Å². The Hall–Kier alpha value is -1.60. The minimum Gasteiger partial charge on any atom is -0.330 e. The minimum absolute atomic E-state index is 0.0167. The summed E-state index contributed by atoms with van der Waals surface area (Å²) in [6.07, 6.45) is 0.437. The van der Waals surface area contributed by atoms with Gasteiger partial charge in [0.05, 0.1) is 16.5 Å². The largest absolute Gasteiger partial charge is 0.330 e. The zero-order valence-corrected chi connectivity index (χ0v) is 20.4. The molecule has 0 N–H and O–H groups in total. The maximum atomic E-state index is 13.6. The average Bonchev–Trinajstić information content (AvgIpc) is 3.24. The fraction of sp³-hybridized carbons (Fsp3) is 0.348. The van der Waals surface area contributed by atoms with Gasteiger partial charge in [-0.05, 0) is 35.6 Å². The molecule has 1 aliphatic rings. The molecule has 2 aromatic carbocycles. The number of carbonyl (C=O) groups is 1. The number of hydrogen-bond donors (Lipinski definition) is 0. The predicted octanol–water partition coefficient (Wildman–Crippen LogP) is 6.16. The van der Waals surface area contributed by atoms with Crippen molar-refractivity contribution < 1.29 is 13.2 Å². The SMILES string of the molecule is CC(C)c1ccc(CN(C(=O)c2sc3cc(Cl)ccc3c2Cl)[C@@H]2CCS(=O)(=O)C2)cc1. The highest BCUT2D eigenvalue weighted by molar-refractivity contribution is 7.91. The molecule has 31 heavy (non-hydrogen) atoms. The van der Waals surface area contributed by atoms with Crippen LogP contribution in [0, 0.1) is 0 Å². The third-order valence-electron chi connectivity index (χ3n) is 5.70. The lowest BCUT2D eigenvalue weighted by atomic mass is 10.0. The van der Waals surface area contributed by atoms with Gasteiger partial charge in [0.25, 0.3) is 5.91 Å². The quantitative estimate of drug-likeness (QED) is 0.425. The number of hydrogen-bond acceptors (Lipinski definition) is 4. The molecule has 1 aliphatic heterocycles. The van der Waals surface area contributed by atoms with Crippen LogP contribution in [0.1, 0.15) is 47.0 Å². The molecule has 0 radical (unpaired) electrons. The maximum absolute atomic E-state index is 13.6. The molecular formula is C23H23Cl2NO3S2. The number of thiophene rings is 1. The van der Waals surface area contributed by atoms with Crippen LogP contribution in [0.4, 0.5) is 0 Å². The summed E-state index contributed by atoms with van der Waals surface area (Å²) in [7, 11) is -3.15. The first kappa shape index (κ1) is 22.6. The smallest absolute Gasteiger partial charge is 0.266 e. The van der Waals surface area contributed by atoms with Crippen molar-refractivity contribution in [3.63, 3.8) is 0 Å². The van der Waals surface area contributed by atoms with E-state index in [1.165, 1.54) is 16.9 Å². The third kappa shape index (κ3) is 4.77. The zero-order valence-electron chi connectivity index (χ0n) is 17.3. The Kier molecular flexibility index (Phi) is 6.37. The molecule has 1 atom stereocenters. The summed E-state index contributed by atoms with van der Waals surface area (Å²) in [5.41, 5.74) is 2.18. The van der Waals surface area contributed by atoms with Crippen LogP contribution in [-0.2, 0) is 16.4 Å². The molecule has 0 unspecified atom stereocenters. The second-order valence-corrected chi connectivity index (χ2v) is 12.4. The first-order chi connectivity index (χ1) is 14.6. The molecule has 3 aromatic rings. The number of sulfone groups is 1. The normalized spacial score (nSPS) is 18.0. The Morgan fingerprint density at radius 3 is 2.48 bits per heavy atom. The standard InChI is InChI=1S/C23H23Cl2NO3S2/c1-14(2)16-5-3-15(4-6-16)12-26(18-9-10-31(28,29)13-18)23(27)22-21(25)19-8-7-17(24)11-20(19)30-22/h3-8,11,14,18H,9-10,12-13H2,1-2H3/t18-/m1/s1. The van der Waals surface area contributed by atoms with E-state index in [2.05, 4.69) is 26.0 Å². The van der Waals surface area contributed by atoms with Crippen molar-refractivity contribution in [1.82, 2.24) is 4.90 Å². The first-order valence-corrected chi connectivity index (χ1v) is 13.5. The average molecular weight is 496 g/mol. The second kappa shape index (κ2) is 8.74. The number of nitrogens with zero attached hydrogens (tertiary/aromatic N) is 1. The number of carbonyl (C=O) groups excluding carboxylic acids is 1. The topological polar surface area (TPSA) is 54.5 Å². The lowest BCUT2D eigenvalue weighted by Crippen LogP contribution is -2.40. The van der Waals surface area contributed by atoms with Crippen LogP contribution in [0.25, 0.3) is 10.1 Å². The van der Waals surface area contributed by atoms with E-state index in [1.54, 1.807) is 17.0 Å². The molecule has 1 amide bonds. The maximum Gasteiger partial charge on any atom is 0.266 e. The molecule has 1 fully saturated rings. The Labute approximate surface area is 196 Å². The van der Waals surface area contributed by atoms with Crippen LogP contribution in [0.2, 0.25) is 10.0 Å². The molecular weight excluding hydrogens is 473 g/mol. The van der Waals surface area contributed by atoms with Gasteiger partial charge in [-0.15, -0.1) is 11.3 Å². The molecule has 0 aliphatic carbocycles. The van der Waals surface area contributed by atoms with Gasteiger partial charge in [-0.2, -0.15) is 0 Å². The van der Waals surface area contributed by atoms with E-state index in [4.69, 9.17) is 23.2 Å². The summed E-state index contributed by atoms with van der Waals surface area (Å²) >= 11 is 14.0. The van der Waals surface area contributed by atoms with Crippen LogP contribution >= 0.6 is 34.5 Å². The number of fused-ring (bicyclic) bond motifs is 1. The van der Waals surface area contributed by atoms with Gasteiger partial charge in [0.2, 0.25) is 0 Å². The van der Waals surface area contributed by atoms with Gasteiger partial charge in [-0.25, -0.2) is 8.42 Å². The minimum atomic E-state index is -3.15. The summed E-state index contributed by atoms with van der Waals surface area (Å²) in [5, 5.41) is 1.75. The number of benzene rings is 2. The summed E-state index contributed by atoms with van der Waals surface area (Å²) < 4.78 is 25.1. The van der Waals surface area contributed by atoms with Gasteiger partial charge in [-0.1, -0.05) is 67.4 Å². The van der Waals surface area contributed by atoms with Crippen molar-refractivity contribution in [1.29, 1.82) is 0 Å². The molecule has 4 rings (SSSR count). The summed E-state index contributed by atoms with van der Waals surface area (Å²) in [6, 6.07) is 13.1. The number of amides is 1. The van der Waals surface area contributed by atoms with Gasteiger partial charge in [0, 0.05) is 27.7 Å². The van der Waals surface area contributed by atoms with Crippen LogP contribution in [0.15, 0.2) is 42.5 Å². The number of halogens is 2. The lowest BCUT2D eigenvalue weighted by molar-refractivity contribution is 0.0686. The van der Waals surface area contributed by atoms with E-state index < -0.39 is 9.84 Å². The zero-order chi connectivity index (χ0) is 22.3. The Morgan fingerprint density at radius 2 is 1.87 bits per heavy atom. The van der Waals surface area contributed by atoms with E-state index in [9.17, 15) is 13.2 Å². The molecule has 8 heteroatoms. The van der Waals surface area contributed by atoms with Gasteiger partial charge in [0.1, 0.15) is 4.88 Å². The van der Waals surface area contributed by atoms with Gasteiger partial charge in [0.15, 0.2) is 9.84 Å². The lowest BCUT2D eigenvalue weighted by Gasteiger charge is -2.28. The van der Waals surface area contributed by atoms with Crippen molar-refractivity contribution >= 4 is 60.4 Å². The molecule has 0 bridgehead atoms. The van der Waals surface area contributed by atoms with E-state index in [0.717, 1.165) is 15.6 Å². The highest BCUT2D eigenvalue weighted by atomic mass is 35.5. The molecule has 2 heterocycles. The molecule has 0 spiro atoms. The molecule has 0 saturated carbocycles. The Balaban J connectivity index is 1.70. The fourth-order valence-corrected chi connectivity index (χ4v) is 7.37. The van der Waals surface area contributed by atoms with Crippen molar-refractivity contribution in [3.05, 3.63) is 68.5 Å². The van der Waals surface area contributed by atoms with E-state index in [0.29, 0.717) is 33.8 Å². The van der Waals surface area contributed by atoms with Gasteiger partial charge in [-0.3, -0.25) is 4.79 Å². The summed E-state index contributed by atoms with van der Waals surface area (Å²) in [6.45, 7) is 4.59. The monoisotopic (exact) mass is 495 g/mol. The molecule has 4 nitrogen and oxygen atoms in total. The Morgan fingerprint density at radius 1 is 1.16 bits per heavy atom. The highest BCUT2D eigenvalue weighted by Crippen LogP contribution is 2.38. The highest BCUT2D eigenvalue weighted by Gasteiger charge is 2.36. The van der Waals surface area contributed by atoms with Crippen LogP contribution in [0.5, 0.6) is 0 Å². The second-order valence-electron chi connectivity index (χ2n) is 8.27. The first-order valence-electron chi connectivity index (χ1n) is 10.1. The summed E-state index contributed by atoms with van der Waals surface area (Å²) in [5.74, 6) is 0.258. The molecule has 1 aromatic heterocycles. The van der Waals surface area contributed by atoms with Gasteiger partial charge < -0.3 is 4.90 Å². The van der Waals surface area contributed by atoms with Crippen molar-refractivity contribution in [2.45, 2.75) is 38.8 Å². The van der Waals surface area contributed by atoms with E-state index >= 15 is 0 Å². The van der Waals surface area contributed by atoms with Crippen molar-refractivity contribution in [2.24, 2.45) is 0 Å².